The van der Waals surface area contributed by atoms with Crippen LogP contribution in [0.3, 0.4) is 0 Å². The number of unbranched alkanes of at least 4 members (excludes halogenated alkanes) is 2. The van der Waals surface area contributed by atoms with E-state index in [-0.39, 0.29) is 5.97 Å². The van der Waals surface area contributed by atoms with Gasteiger partial charge in [-0.05, 0) is 39.2 Å². The largest absolute Gasteiger partial charge is 0.466 e. The minimum Gasteiger partial charge on any atom is -0.466 e. The molecule has 0 N–H and O–H groups in total. The standard InChI is InChI=1S/C13H20N2O2/c1-10-9-11(2)15-13(14-10)7-5-4-6-8-17-12(3)16/h9H,4-8H2,1-3H3. The molecule has 1 rings (SSSR count). The summed E-state index contributed by atoms with van der Waals surface area (Å²) in [6.45, 7) is 5.92. The minimum atomic E-state index is -0.206. The Morgan fingerprint density at radius 2 is 1.82 bits per heavy atom. The lowest BCUT2D eigenvalue weighted by atomic mass is 10.2. The van der Waals surface area contributed by atoms with Crippen LogP contribution in [0, 0.1) is 13.8 Å². The van der Waals surface area contributed by atoms with Crippen molar-refractivity contribution in [2.24, 2.45) is 0 Å². The first kappa shape index (κ1) is 13.6. The number of hydrogen-bond donors (Lipinski definition) is 0. The van der Waals surface area contributed by atoms with E-state index in [2.05, 4.69) is 9.97 Å². The van der Waals surface area contributed by atoms with Gasteiger partial charge in [-0.25, -0.2) is 9.97 Å². The van der Waals surface area contributed by atoms with Gasteiger partial charge < -0.3 is 4.74 Å². The summed E-state index contributed by atoms with van der Waals surface area (Å²) in [5.41, 5.74) is 2.04. The Morgan fingerprint density at radius 3 is 2.41 bits per heavy atom. The zero-order chi connectivity index (χ0) is 12.7. The van der Waals surface area contributed by atoms with Gasteiger partial charge in [0.05, 0.1) is 6.61 Å². The molecule has 94 valence electrons. The number of carbonyl (C=O) groups excluding carboxylic acids is 1. The molecule has 0 saturated carbocycles. The first-order valence-electron chi connectivity index (χ1n) is 6.02. The molecule has 0 bridgehead atoms. The Bertz CT molecular complexity index is 357. The van der Waals surface area contributed by atoms with Crippen molar-refractivity contribution in [2.75, 3.05) is 6.61 Å². The van der Waals surface area contributed by atoms with Gasteiger partial charge in [0.25, 0.3) is 0 Å². The van der Waals surface area contributed by atoms with E-state index in [9.17, 15) is 4.79 Å². The van der Waals surface area contributed by atoms with Gasteiger partial charge in [-0.2, -0.15) is 0 Å². The molecule has 0 spiro atoms. The van der Waals surface area contributed by atoms with Gasteiger partial charge in [0.15, 0.2) is 0 Å². The lowest BCUT2D eigenvalue weighted by Crippen LogP contribution is -2.02. The number of aryl methyl sites for hydroxylation is 3. The molecule has 0 aliphatic carbocycles. The average molecular weight is 236 g/mol. The van der Waals surface area contributed by atoms with Crippen LogP contribution in [0.4, 0.5) is 0 Å². The highest BCUT2D eigenvalue weighted by atomic mass is 16.5. The normalized spacial score (nSPS) is 10.3. The van der Waals surface area contributed by atoms with Crippen molar-refractivity contribution in [1.29, 1.82) is 0 Å². The Labute approximate surface area is 102 Å². The van der Waals surface area contributed by atoms with Gasteiger partial charge in [-0.3, -0.25) is 4.79 Å². The number of rotatable bonds is 6. The Balaban J connectivity index is 2.20. The van der Waals surface area contributed by atoms with E-state index in [0.29, 0.717) is 6.61 Å². The lowest BCUT2D eigenvalue weighted by Gasteiger charge is -2.04. The number of ether oxygens (including phenoxy) is 1. The van der Waals surface area contributed by atoms with Gasteiger partial charge >= 0.3 is 5.97 Å². The van der Waals surface area contributed by atoms with E-state index in [1.165, 1.54) is 6.92 Å². The minimum absolute atomic E-state index is 0.206. The predicted molar refractivity (Wildman–Crippen MR) is 65.7 cm³/mol. The second-order valence-corrected chi connectivity index (χ2v) is 4.22. The Hall–Kier alpha value is -1.45. The van der Waals surface area contributed by atoms with E-state index in [0.717, 1.165) is 42.9 Å². The summed E-state index contributed by atoms with van der Waals surface area (Å²) in [6.07, 6.45) is 3.86. The van der Waals surface area contributed by atoms with E-state index in [1.54, 1.807) is 0 Å². The van der Waals surface area contributed by atoms with Crippen molar-refractivity contribution in [3.8, 4) is 0 Å². The predicted octanol–water partition coefficient (Wildman–Crippen LogP) is 2.37. The van der Waals surface area contributed by atoms with Gasteiger partial charge in [0, 0.05) is 24.7 Å². The quantitative estimate of drug-likeness (QED) is 0.562. The van der Waals surface area contributed by atoms with Gasteiger partial charge in [-0.1, -0.05) is 0 Å². The zero-order valence-electron chi connectivity index (χ0n) is 10.8. The summed E-state index contributed by atoms with van der Waals surface area (Å²) in [5.74, 6) is 0.706. The van der Waals surface area contributed by atoms with Crippen molar-refractivity contribution in [3.63, 3.8) is 0 Å². The summed E-state index contributed by atoms with van der Waals surface area (Å²) < 4.78 is 4.86. The SMILES string of the molecule is CC(=O)OCCCCCc1nc(C)cc(C)n1. The molecule has 4 nitrogen and oxygen atoms in total. The Kier molecular flexibility index (Phi) is 5.60. The summed E-state index contributed by atoms with van der Waals surface area (Å²) in [7, 11) is 0. The molecule has 0 radical (unpaired) electrons. The second-order valence-electron chi connectivity index (χ2n) is 4.22. The highest BCUT2D eigenvalue weighted by molar-refractivity contribution is 5.65. The third-order valence-corrected chi connectivity index (χ3v) is 2.38. The molecule has 0 aromatic carbocycles. The van der Waals surface area contributed by atoms with Gasteiger partial charge in [-0.15, -0.1) is 0 Å². The number of esters is 1. The van der Waals surface area contributed by atoms with E-state index < -0.39 is 0 Å². The smallest absolute Gasteiger partial charge is 0.302 e. The van der Waals surface area contributed by atoms with Gasteiger partial charge in [0.2, 0.25) is 0 Å². The van der Waals surface area contributed by atoms with Crippen LogP contribution in [-0.2, 0) is 16.0 Å². The highest BCUT2D eigenvalue weighted by Gasteiger charge is 2.00. The van der Waals surface area contributed by atoms with Crippen molar-refractivity contribution >= 4 is 5.97 Å². The molecule has 0 aliphatic heterocycles. The van der Waals surface area contributed by atoms with E-state index in [4.69, 9.17) is 4.74 Å². The fraction of sp³-hybridized carbons (Fsp3) is 0.615. The molecule has 1 heterocycles. The van der Waals surface area contributed by atoms with Gasteiger partial charge in [0.1, 0.15) is 5.82 Å². The molecule has 17 heavy (non-hydrogen) atoms. The fourth-order valence-electron chi connectivity index (χ4n) is 1.69. The van der Waals surface area contributed by atoms with Crippen LogP contribution < -0.4 is 0 Å². The molecule has 0 atom stereocenters. The molecule has 4 heteroatoms. The first-order chi connectivity index (χ1) is 8.08. The molecule has 0 saturated heterocycles. The van der Waals surface area contributed by atoms with E-state index >= 15 is 0 Å². The van der Waals surface area contributed by atoms with Crippen molar-refractivity contribution in [2.45, 2.75) is 46.5 Å². The molecule has 1 aromatic heterocycles. The van der Waals surface area contributed by atoms with Crippen molar-refractivity contribution < 1.29 is 9.53 Å². The van der Waals surface area contributed by atoms with Crippen LogP contribution in [0.15, 0.2) is 6.07 Å². The van der Waals surface area contributed by atoms with Crippen LogP contribution in [0.1, 0.15) is 43.4 Å². The molecular weight excluding hydrogens is 216 g/mol. The second kappa shape index (κ2) is 6.99. The third-order valence-electron chi connectivity index (χ3n) is 2.38. The molecular formula is C13H20N2O2. The maximum absolute atomic E-state index is 10.5. The summed E-state index contributed by atoms with van der Waals surface area (Å²) in [4.78, 5) is 19.3. The first-order valence-corrected chi connectivity index (χ1v) is 6.02. The topological polar surface area (TPSA) is 52.1 Å². The summed E-state index contributed by atoms with van der Waals surface area (Å²) >= 11 is 0. The zero-order valence-corrected chi connectivity index (χ0v) is 10.8. The van der Waals surface area contributed by atoms with Crippen LogP contribution in [0.5, 0.6) is 0 Å². The molecule has 0 amide bonds. The average Bonchev–Trinajstić information content (AvgIpc) is 2.21. The summed E-state index contributed by atoms with van der Waals surface area (Å²) in [6, 6.07) is 1.98. The third kappa shape index (κ3) is 6.00. The monoisotopic (exact) mass is 236 g/mol. The Morgan fingerprint density at radius 1 is 1.18 bits per heavy atom. The molecule has 0 fully saturated rings. The van der Waals surface area contributed by atoms with Crippen LogP contribution in [0.25, 0.3) is 0 Å². The van der Waals surface area contributed by atoms with Crippen molar-refractivity contribution in [3.05, 3.63) is 23.3 Å². The van der Waals surface area contributed by atoms with Crippen molar-refractivity contribution in [1.82, 2.24) is 9.97 Å². The number of carbonyl (C=O) groups is 1. The molecule has 0 unspecified atom stereocenters. The number of nitrogens with zero attached hydrogens (tertiary/aromatic N) is 2. The number of aromatic nitrogens is 2. The van der Waals surface area contributed by atoms with Crippen LogP contribution >= 0.6 is 0 Å². The molecule has 0 aliphatic rings. The maximum atomic E-state index is 10.5. The van der Waals surface area contributed by atoms with Crippen LogP contribution in [0.2, 0.25) is 0 Å². The summed E-state index contributed by atoms with van der Waals surface area (Å²) in [5, 5.41) is 0. The lowest BCUT2D eigenvalue weighted by molar-refractivity contribution is -0.141. The fourth-order valence-corrected chi connectivity index (χ4v) is 1.69. The maximum Gasteiger partial charge on any atom is 0.302 e. The highest BCUT2D eigenvalue weighted by Crippen LogP contribution is 2.05. The van der Waals surface area contributed by atoms with E-state index in [1.807, 2.05) is 19.9 Å². The molecule has 1 aromatic rings. The number of hydrogen-bond acceptors (Lipinski definition) is 4. The van der Waals surface area contributed by atoms with Crippen LogP contribution in [-0.4, -0.2) is 22.5 Å².